The van der Waals surface area contributed by atoms with Gasteiger partial charge in [-0.25, -0.2) is 0 Å². The van der Waals surface area contributed by atoms with Gasteiger partial charge in [0.25, 0.3) is 0 Å². The van der Waals surface area contributed by atoms with E-state index in [0.29, 0.717) is 9.90 Å². The Morgan fingerprint density at radius 1 is 1.45 bits per heavy atom. The fourth-order valence-corrected chi connectivity index (χ4v) is 3.31. The highest BCUT2D eigenvalue weighted by molar-refractivity contribution is 7.16. The van der Waals surface area contributed by atoms with Crippen LogP contribution in [0.4, 0.5) is 0 Å². The summed E-state index contributed by atoms with van der Waals surface area (Å²) in [5.41, 5.74) is 0.350. The van der Waals surface area contributed by atoms with Crippen molar-refractivity contribution in [2.24, 2.45) is 0 Å². The van der Waals surface area contributed by atoms with Crippen LogP contribution in [0.2, 0.25) is 4.34 Å². The van der Waals surface area contributed by atoms with Gasteiger partial charge in [-0.05, 0) is 13.0 Å². The van der Waals surface area contributed by atoms with Crippen LogP contribution in [0.3, 0.4) is 0 Å². The molecule has 0 aliphatic carbocycles. The van der Waals surface area contributed by atoms with Crippen molar-refractivity contribution < 1.29 is 14.3 Å². The van der Waals surface area contributed by atoms with E-state index in [1.807, 2.05) is 0 Å². The first-order chi connectivity index (χ1) is 9.49. The van der Waals surface area contributed by atoms with E-state index >= 15 is 0 Å². The molecule has 0 unspecified atom stereocenters. The van der Waals surface area contributed by atoms with Crippen LogP contribution in [0.25, 0.3) is 0 Å². The number of carbonyl (C=O) groups excluding carboxylic acids is 2. The molecule has 108 valence electrons. The van der Waals surface area contributed by atoms with Crippen molar-refractivity contribution in [3.05, 3.63) is 33.0 Å². The second kappa shape index (κ2) is 6.63. The number of nitrogens with zero attached hydrogens (tertiary/aromatic N) is 1. The van der Waals surface area contributed by atoms with Crippen molar-refractivity contribution >= 4 is 34.5 Å². The van der Waals surface area contributed by atoms with E-state index in [1.165, 1.54) is 18.3 Å². The van der Waals surface area contributed by atoms with Gasteiger partial charge in [-0.15, -0.1) is 11.3 Å². The van der Waals surface area contributed by atoms with Crippen molar-refractivity contribution in [2.45, 2.75) is 13.5 Å². The standard InChI is InChI=1S/C14H16ClNO3S/c1-9(10(2)17)13(18)12-7-11(20-14(12)15)8-16-3-5-19-6-4-16/h7H,1,3-6,8H2,2H3. The lowest BCUT2D eigenvalue weighted by Gasteiger charge is -2.25. The Hall–Kier alpha value is -1.01. The van der Waals surface area contributed by atoms with Crippen molar-refractivity contribution in [3.63, 3.8) is 0 Å². The molecule has 4 nitrogen and oxygen atoms in total. The molecule has 2 rings (SSSR count). The summed E-state index contributed by atoms with van der Waals surface area (Å²) in [4.78, 5) is 26.6. The molecule has 0 atom stereocenters. The second-order valence-electron chi connectivity index (χ2n) is 4.65. The predicted octanol–water partition coefficient (Wildman–Crippen LogP) is 2.56. The molecule has 0 radical (unpaired) electrons. The van der Waals surface area contributed by atoms with Gasteiger partial charge >= 0.3 is 0 Å². The van der Waals surface area contributed by atoms with E-state index in [0.717, 1.165) is 37.7 Å². The summed E-state index contributed by atoms with van der Waals surface area (Å²) in [6.07, 6.45) is 0. The van der Waals surface area contributed by atoms with Crippen molar-refractivity contribution in [1.29, 1.82) is 0 Å². The fraction of sp³-hybridized carbons (Fsp3) is 0.429. The maximum Gasteiger partial charge on any atom is 0.198 e. The lowest BCUT2D eigenvalue weighted by atomic mass is 10.0. The van der Waals surface area contributed by atoms with E-state index in [-0.39, 0.29) is 17.1 Å². The third-order valence-corrected chi connectivity index (χ3v) is 4.51. The van der Waals surface area contributed by atoms with Crippen molar-refractivity contribution in [3.8, 4) is 0 Å². The van der Waals surface area contributed by atoms with Gasteiger partial charge in [0.1, 0.15) is 4.34 Å². The molecule has 0 bridgehead atoms. The fourth-order valence-electron chi connectivity index (χ4n) is 1.95. The molecule has 6 heteroatoms. The first-order valence-electron chi connectivity index (χ1n) is 6.32. The number of halogens is 1. The minimum atomic E-state index is -0.382. The van der Waals surface area contributed by atoms with Crippen LogP contribution < -0.4 is 0 Å². The first-order valence-corrected chi connectivity index (χ1v) is 7.51. The van der Waals surface area contributed by atoms with Crippen LogP contribution in [-0.2, 0) is 16.1 Å². The summed E-state index contributed by atoms with van der Waals surface area (Å²) < 4.78 is 5.71. The third-order valence-electron chi connectivity index (χ3n) is 3.16. The SMILES string of the molecule is C=C(C(C)=O)C(=O)c1cc(CN2CCOCC2)sc1Cl. The molecule has 1 aromatic rings. The van der Waals surface area contributed by atoms with Gasteiger partial charge < -0.3 is 4.74 Å². The molecule has 1 aliphatic rings. The van der Waals surface area contributed by atoms with Gasteiger partial charge in [-0.2, -0.15) is 0 Å². The third kappa shape index (κ3) is 3.55. The zero-order valence-electron chi connectivity index (χ0n) is 11.3. The molecule has 1 saturated heterocycles. The number of ketones is 2. The molecule has 1 aromatic heterocycles. The summed E-state index contributed by atoms with van der Waals surface area (Å²) in [5, 5.41) is 0. The number of rotatable bonds is 5. The zero-order chi connectivity index (χ0) is 14.7. The molecular formula is C14H16ClNO3S. The number of morpholine rings is 1. The quantitative estimate of drug-likeness (QED) is 0.363. The number of hydrogen-bond donors (Lipinski definition) is 0. The Morgan fingerprint density at radius 2 is 2.10 bits per heavy atom. The van der Waals surface area contributed by atoms with E-state index in [1.54, 1.807) is 6.07 Å². The number of hydrogen-bond acceptors (Lipinski definition) is 5. The molecule has 0 aromatic carbocycles. The van der Waals surface area contributed by atoms with Crippen LogP contribution >= 0.6 is 22.9 Å². The largest absolute Gasteiger partial charge is 0.379 e. The molecule has 0 spiro atoms. The van der Waals surface area contributed by atoms with Gasteiger partial charge in [0.2, 0.25) is 0 Å². The summed E-state index contributed by atoms with van der Waals surface area (Å²) in [5.74, 6) is -0.709. The lowest BCUT2D eigenvalue weighted by molar-refractivity contribution is -0.113. The second-order valence-corrected chi connectivity index (χ2v) is 6.39. The Morgan fingerprint density at radius 3 is 2.70 bits per heavy atom. The monoisotopic (exact) mass is 313 g/mol. The maximum atomic E-state index is 12.1. The Balaban J connectivity index is 2.10. The zero-order valence-corrected chi connectivity index (χ0v) is 12.9. The Bertz CT molecular complexity index is 547. The smallest absolute Gasteiger partial charge is 0.198 e. The van der Waals surface area contributed by atoms with Gasteiger partial charge in [-0.1, -0.05) is 18.2 Å². The van der Waals surface area contributed by atoms with E-state index in [2.05, 4.69) is 11.5 Å². The normalized spacial score (nSPS) is 16.1. The topological polar surface area (TPSA) is 46.6 Å². The summed E-state index contributed by atoms with van der Waals surface area (Å²) in [6, 6.07) is 1.76. The predicted molar refractivity (Wildman–Crippen MR) is 79.6 cm³/mol. The highest BCUT2D eigenvalue weighted by atomic mass is 35.5. The summed E-state index contributed by atoms with van der Waals surface area (Å²) in [7, 11) is 0. The molecule has 2 heterocycles. The van der Waals surface area contributed by atoms with Crippen LogP contribution in [0, 0.1) is 0 Å². The van der Waals surface area contributed by atoms with E-state index in [9.17, 15) is 9.59 Å². The average molecular weight is 314 g/mol. The number of ether oxygens (including phenoxy) is 1. The number of thiophene rings is 1. The van der Waals surface area contributed by atoms with Crippen molar-refractivity contribution in [2.75, 3.05) is 26.3 Å². The first kappa shape index (κ1) is 15.4. The minimum absolute atomic E-state index is 0.0253. The van der Waals surface area contributed by atoms with Crippen LogP contribution in [0.5, 0.6) is 0 Å². The lowest BCUT2D eigenvalue weighted by Crippen LogP contribution is -2.35. The highest BCUT2D eigenvalue weighted by Gasteiger charge is 2.21. The van der Waals surface area contributed by atoms with Crippen LogP contribution in [0.1, 0.15) is 22.2 Å². The van der Waals surface area contributed by atoms with E-state index < -0.39 is 0 Å². The molecular weight excluding hydrogens is 298 g/mol. The van der Waals surface area contributed by atoms with Crippen molar-refractivity contribution in [1.82, 2.24) is 4.90 Å². The van der Waals surface area contributed by atoms with Gasteiger partial charge in [0, 0.05) is 24.5 Å². The minimum Gasteiger partial charge on any atom is -0.379 e. The van der Waals surface area contributed by atoms with Crippen LogP contribution in [0.15, 0.2) is 18.2 Å². The molecule has 20 heavy (non-hydrogen) atoms. The molecule has 1 fully saturated rings. The average Bonchev–Trinajstić information content (AvgIpc) is 2.79. The molecule has 0 amide bonds. The van der Waals surface area contributed by atoms with Gasteiger partial charge in [0.15, 0.2) is 11.6 Å². The van der Waals surface area contributed by atoms with E-state index in [4.69, 9.17) is 16.3 Å². The van der Waals surface area contributed by atoms with Gasteiger partial charge in [-0.3, -0.25) is 14.5 Å². The molecule has 0 saturated carbocycles. The molecule has 0 N–H and O–H groups in total. The Labute approximate surface area is 127 Å². The molecule has 1 aliphatic heterocycles. The highest BCUT2D eigenvalue weighted by Crippen LogP contribution is 2.30. The number of allylic oxidation sites excluding steroid dienone is 1. The Kier molecular flexibility index (Phi) is 5.10. The maximum absolute atomic E-state index is 12.1. The number of carbonyl (C=O) groups is 2. The number of Topliss-reactive ketones (excluding diaryl/α,β-unsaturated/α-hetero) is 2. The summed E-state index contributed by atoms with van der Waals surface area (Å²) >= 11 is 7.48. The summed E-state index contributed by atoms with van der Waals surface area (Å²) in [6.45, 7) is 8.79. The van der Waals surface area contributed by atoms with Gasteiger partial charge in [0.05, 0.1) is 24.4 Å². The van der Waals surface area contributed by atoms with Crippen LogP contribution in [-0.4, -0.2) is 42.8 Å².